The van der Waals surface area contributed by atoms with Crippen LogP contribution < -0.4 is 0 Å². The zero-order valence-electron chi connectivity index (χ0n) is 20.3. The molecule has 0 N–H and O–H groups in total. The quantitative estimate of drug-likeness (QED) is 0.278. The number of rotatable bonds is 4. The first-order valence-electron chi connectivity index (χ1n) is 12.3. The van der Waals surface area contributed by atoms with Gasteiger partial charge in [0.05, 0.1) is 24.0 Å². The number of benzene rings is 2. The van der Waals surface area contributed by atoms with Crippen LogP contribution >= 0.6 is 0 Å². The molecule has 0 saturated carbocycles. The van der Waals surface area contributed by atoms with Crippen molar-refractivity contribution in [1.29, 1.82) is 0 Å². The van der Waals surface area contributed by atoms with Gasteiger partial charge in [-0.25, -0.2) is 4.85 Å². The predicted octanol–water partition coefficient (Wildman–Crippen LogP) is 6.75. The fourth-order valence-corrected chi connectivity index (χ4v) is 5.48. The van der Waals surface area contributed by atoms with Crippen LogP contribution in [0.2, 0.25) is 0 Å². The van der Waals surface area contributed by atoms with E-state index in [9.17, 15) is 0 Å². The van der Waals surface area contributed by atoms with Crippen molar-refractivity contribution in [2.24, 2.45) is 13.0 Å². The SMILES string of the molecule is [C-]#[N+]c1ccc(-c2c(-c3ccc4c(ccn4C)c3)ncc3c2ccn3CC2CCN(C)CC2)cc1. The molecule has 0 aliphatic carbocycles. The number of hydrogen-bond acceptors (Lipinski definition) is 2. The first kappa shape index (κ1) is 21.6. The molecule has 4 heterocycles. The van der Waals surface area contributed by atoms with Gasteiger partial charge in [0.15, 0.2) is 5.69 Å². The van der Waals surface area contributed by atoms with Gasteiger partial charge in [0.25, 0.3) is 0 Å². The van der Waals surface area contributed by atoms with Crippen LogP contribution in [0.4, 0.5) is 5.69 Å². The molecule has 0 unspecified atom stereocenters. The molecule has 3 aromatic heterocycles. The molecule has 6 rings (SSSR count). The van der Waals surface area contributed by atoms with Gasteiger partial charge in [0.1, 0.15) is 0 Å². The molecule has 2 aromatic carbocycles. The second kappa shape index (κ2) is 8.72. The lowest BCUT2D eigenvalue weighted by atomic mass is 9.95. The summed E-state index contributed by atoms with van der Waals surface area (Å²) in [6, 6.07) is 18.9. The number of nitrogens with zero attached hydrogens (tertiary/aromatic N) is 5. The molecule has 1 aliphatic heterocycles. The fourth-order valence-electron chi connectivity index (χ4n) is 5.48. The molecular weight excluding hydrogens is 430 g/mol. The maximum atomic E-state index is 7.35. The van der Waals surface area contributed by atoms with Gasteiger partial charge in [-0.15, -0.1) is 0 Å². The summed E-state index contributed by atoms with van der Waals surface area (Å²) in [5.41, 5.74) is 7.36. The highest BCUT2D eigenvalue weighted by Gasteiger charge is 2.20. The summed E-state index contributed by atoms with van der Waals surface area (Å²) in [6.45, 7) is 10.7. The molecule has 1 fully saturated rings. The van der Waals surface area contributed by atoms with Gasteiger partial charge in [-0.2, -0.15) is 0 Å². The zero-order chi connectivity index (χ0) is 23.9. The lowest BCUT2D eigenvalue weighted by Gasteiger charge is -2.29. The maximum Gasteiger partial charge on any atom is 0.187 e. The van der Waals surface area contributed by atoms with Gasteiger partial charge >= 0.3 is 0 Å². The van der Waals surface area contributed by atoms with Crippen molar-refractivity contribution in [2.75, 3.05) is 20.1 Å². The van der Waals surface area contributed by atoms with Crippen LogP contribution in [0.5, 0.6) is 0 Å². The van der Waals surface area contributed by atoms with E-state index in [1.165, 1.54) is 47.7 Å². The highest BCUT2D eigenvalue weighted by molar-refractivity contribution is 6.02. The van der Waals surface area contributed by atoms with Gasteiger partial charge in [0, 0.05) is 53.4 Å². The third-order valence-electron chi connectivity index (χ3n) is 7.57. The Morgan fingerprint density at radius 3 is 2.46 bits per heavy atom. The van der Waals surface area contributed by atoms with Crippen LogP contribution in [-0.4, -0.2) is 39.2 Å². The molecule has 5 aromatic rings. The number of aromatic nitrogens is 3. The van der Waals surface area contributed by atoms with Crippen molar-refractivity contribution in [2.45, 2.75) is 19.4 Å². The van der Waals surface area contributed by atoms with Gasteiger partial charge in [-0.1, -0.05) is 30.3 Å². The summed E-state index contributed by atoms with van der Waals surface area (Å²) in [5.74, 6) is 0.698. The Kier molecular flexibility index (Phi) is 5.39. The number of fused-ring (bicyclic) bond motifs is 2. The molecule has 5 heteroatoms. The number of aryl methyl sites for hydroxylation is 1. The summed E-state index contributed by atoms with van der Waals surface area (Å²) in [7, 11) is 4.29. The minimum absolute atomic E-state index is 0.654. The molecule has 0 radical (unpaired) electrons. The Morgan fingerprint density at radius 1 is 0.914 bits per heavy atom. The molecule has 1 saturated heterocycles. The standard InChI is InChI=1S/C30H29N5/c1-31-25-7-4-22(5-8-25)29-26-13-17-35(20-21-10-14-33(2)15-11-21)28(26)19-32-30(29)24-6-9-27-23(18-24)12-16-34(27)3/h4-9,12-13,16-19,21H,10-11,14-15,20H2,2-3H3. The van der Waals surface area contributed by atoms with Gasteiger partial charge in [0.2, 0.25) is 0 Å². The summed E-state index contributed by atoms with van der Waals surface area (Å²) in [4.78, 5) is 11.1. The van der Waals surface area contributed by atoms with Crippen molar-refractivity contribution < 1.29 is 0 Å². The summed E-state index contributed by atoms with van der Waals surface area (Å²) >= 11 is 0. The van der Waals surface area contributed by atoms with Crippen LogP contribution in [0.15, 0.2) is 73.2 Å². The Balaban J connectivity index is 1.49. The monoisotopic (exact) mass is 459 g/mol. The van der Waals surface area contributed by atoms with Crippen molar-refractivity contribution in [1.82, 2.24) is 19.0 Å². The first-order chi connectivity index (χ1) is 17.1. The number of hydrogen-bond donors (Lipinski definition) is 0. The lowest BCUT2D eigenvalue weighted by molar-refractivity contribution is 0.206. The molecule has 174 valence electrons. The Hall–Kier alpha value is -3.88. The summed E-state index contributed by atoms with van der Waals surface area (Å²) in [5, 5.41) is 2.42. The number of pyridine rings is 1. The molecule has 0 bridgehead atoms. The zero-order valence-corrected chi connectivity index (χ0v) is 20.3. The third kappa shape index (κ3) is 3.90. The molecule has 0 spiro atoms. The van der Waals surface area contributed by atoms with E-state index in [0.29, 0.717) is 11.6 Å². The van der Waals surface area contributed by atoms with E-state index >= 15 is 0 Å². The Labute approximate surface area is 206 Å². The van der Waals surface area contributed by atoms with E-state index in [4.69, 9.17) is 11.6 Å². The molecule has 5 nitrogen and oxygen atoms in total. The van der Waals surface area contributed by atoms with Crippen molar-refractivity contribution in [3.63, 3.8) is 0 Å². The minimum atomic E-state index is 0.654. The smallest absolute Gasteiger partial charge is 0.187 e. The molecule has 35 heavy (non-hydrogen) atoms. The third-order valence-corrected chi connectivity index (χ3v) is 7.57. The van der Waals surface area contributed by atoms with Crippen molar-refractivity contribution in [3.05, 3.63) is 84.6 Å². The predicted molar refractivity (Wildman–Crippen MR) is 144 cm³/mol. The van der Waals surface area contributed by atoms with Crippen LogP contribution in [-0.2, 0) is 13.6 Å². The highest BCUT2D eigenvalue weighted by Crippen LogP contribution is 2.39. The topological polar surface area (TPSA) is 30.4 Å². The van der Waals surface area contributed by atoms with Crippen LogP contribution in [0.3, 0.4) is 0 Å². The van der Waals surface area contributed by atoms with Gasteiger partial charge in [-0.3, -0.25) is 4.98 Å². The molecule has 1 aliphatic rings. The first-order valence-corrected chi connectivity index (χ1v) is 12.3. The van der Waals surface area contributed by atoms with Crippen LogP contribution in [0, 0.1) is 12.5 Å². The van der Waals surface area contributed by atoms with E-state index in [2.05, 4.69) is 87.8 Å². The van der Waals surface area contributed by atoms with Gasteiger partial charge in [-0.05, 0) is 68.7 Å². The maximum absolute atomic E-state index is 7.35. The second-order valence-electron chi connectivity index (χ2n) is 9.85. The van der Waals surface area contributed by atoms with Crippen LogP contribution in [0.1, 0.15) is 12.8 Å². The second-order valence-corrected chi connectivity index (χ2v) is 9.85. The fraction of sp³-hybridized carbons (Fsp3) is 0.267. The number of piperidine rings is 1. The lowest BCUT2D eigenvalue weighted by Crippen LogP contribution is -2.31. The van der Waals surface area contributed by atoms with Crippen molar-refractivity contribution in [3.8, 4) is 22.4 Å². The van der Waals surface area contributed by atoms with E-state index in [1.807, 2.05) is 18.3 Å². The van der Waals surface area contributed by atoms with Crippen molar-refractivity contribution >= 4 is 27.5 Å². The minimum Gasteiger partial charge on any atom is -0.351 e. The van der Waals surface area contributed by atoms with Crippen LogP contribution in [0.25, 0.3) is 49.0 Å². The van der Waals surface area contributed by atoms with E-state index in [1.54, 1.807) is 0 Å². The normalized spacial score (nSPS) is 15.1. The molecule has 0 amide bonds. The molecular formula is C30H29N5. The van der Waals surface area contributed by atoms with Gasteiger partial charge < -0.3 is 14.0 Å². The number of likely N-dealkylation sites (tertiary alicyclic amines) is 1. The average Bonchev–Trinajstić information content (AvgIpc) is 3.48. The highest BCUT2D eigenvalue weighted by atomic mass is 15.1. The van der Waals surface area contributed by atoms with E-state index in [0.717, 1.165) is 28.9 Å². The molecule has 0 atom stereocenters. The Bertz CT molecular complexity index is 1560. The van der Waals surface area contributed by atoms with E-state index < -0.39 is 0 Å². The summed E-state index contributed by atoms with van der Waals surface area (Å²) < 4.78 is 4.53. The Morgan fingerprint density at radius 2 is 1.69 bits per heavy atom. The average molecular weight is 460 g/mol. The van der Waals surface area contributed by atoms with E-state index in [-0.39, 0.29) is 0 Å². The summed E-state index contributed by atoms with van der Waals surface area (Å²) in [6.07, 6.45) is 8.85. The largest absolute Gasteiger partial charge is 0.351 e.